The lowest BCUT2D eigenvalue weighted by molar-refractivity contribution is 0.102. The van der Waals surface area contributed by atoms with Crippen molar-refractivity contribution in [3.63, 3.8) is 0 Å². The van der Waals surface area contributed by atoms with Gasteiger partial charge in [-0.05, 0) is 36.8 Å². The number of halogens is 1. The van der Waals surface area contributed by atoms with E-state index in [-0.39, 0.29) is 5.91 Å². The predicted molar refractivity (Wildman–Crippen MR) is 103 cm³/mol. The van der Waals surface area contributed by atoms with Crippen LogP contribution in [0.1, 0.15) is 16.1 Å². The summed E-state index contributed by atoms with van der Waals surface area (Å²) in [6, 6.07) is 17.2. The highest BCUT2D eigenvalue weighted by Gasteiger charge is 2.12. The Hall–Kier alpha value is -2.73. The van der Waals surface area contributed by atoms with Crippen LogP contribution in [0.2, 0.25) is 0 Å². The van der Waals surface area contributed by atoms with E-state index in [4.69, 9.17) is 0 Å². The molecule has 0 aliphatic carbocycles. The zero-order valence-corrected chi connectivity index (χ0v) is 15.5. The Kier molecular flexibility index (Phi) is 5.09. The van der Waals surface area contributed by atoms with Crippen molar-refractivity contribution < 1.29 is 4.79 Å². The molecule has 3 aromatic rings. The first-order chi connectivity index (χ1) is 12.0. The largest absolute Gasteiger partial charge is 0.329 e. The molecule has 0 saturated carbocycles. The number of hydrogen-bond acceptors (Lipinski definition) is 4. The zero-order chi connectivity index (χ0) is 17.8. The van der Waals surface area contributed by atoms with Crippen LogP contribution in [0.5, 0.6) is 0 Å². The normalized spacial score (nSPS) is 10.4. The monoisotopic (exact) mass is 396 g/mol. The molecule has 1 N–H and O–H groups in total. The van der Waals surface area contributed by atoms with Gasteiger partial charge in [0.2, 0.25) is 0 Å². The van der Waals surface area contributed by atoms with E-state index in [0.29, 0.717) is 17.2 Å². The fourth-order valence-corrected chi connectivity index (χ4v) is 2.68. The highest BCUT2D eigenvalue weighted by Crippen LogP contribution is 2.23. The van der Waals surface area contributed by atoms with Crippen molar-refractivity contribution in [1.82, 2.24) is 9.97 Å². The molecule has 126 valence electrons. The first-order valence-corrected chi connectivity index (χ1v) is 8.52. The number of benzene rings is 2. The number of anilines is 3. The predicted octanol–water partition coefficient (Wildman–Crippen LogP) is 4.57. The van der Waals surface area contributed by atoms with Crippen LogP contribution in [0.15, 0.2) is 65.4 Å². The first kappa shape index (κ1) is 17.1. The third-order valence-corrected chi connectivity index (χ3v) is 4.66. The Bertz CT molecular complexity index is 899. The van der Waals surface area contributed by atoms with Gasteiger partial charge in [0.1, 0.15) is 17.8 Å². The highest BCUT2D eigenvalue weighted by atomic mass is 79.9. The molecule has 6 heteroatoms. The minimum Gasteiger partial charge on any atom is -0.329 e. The van der Waals surface area contributed by atoms with E-state index in [1.165, 1.54) is 6.33 Å². The van der Waals surface area contributed by atoms with E-state index >= 15 is 0 Å². The Morgan fingerprint density at radius 2 is 1.84 bits per heavy atom. The van der Waals surface area contributed by atoms with Gasteiger partial charge >= 0.3 is 0 Å². The lowest BCUT2D eigenvalue weighted by Gasteiger charge is -2.18. The molecular formula is C19H17BrN4O. The van der Waals surface area contributed by atoms with Gasteiger partial charge in [0, 0.05) is 29.0 Å². The summed E-state index contributed by atoms with van der Waals surface area (Å²) in [7, 11) is 1.90. The maximum atomic E-state index is 12.5. The van der Waals surface area contributed by atoms with Crippen LogP contribution in [-0.4, -0.2) is 22.9 Å². The number of aryl methyl sites for hydroxylation is 1. The number of hydrogen-bond donors (Lipinski definition) is 1. The zero-order valence-electron chi connectivity index (χ0n) is 13.9. The van der Waals surface area contributed by atoms with E-state index in [0.717, 1.165) is 15.7 Å². The third-order valence-electron chi connectivity index (χ3n) is 3.80. The van der Waals surface area contributed by atoms with Crippen molar-refractivity contribution >= 4 is 39.0 Å². The topological polar surface area (TPSA) is 58.1 Å². The molecule has 0 unspecified atom stereocenters. The lowest BCUT2D eigenvalue weighted by atomic mass is 10.2. The number of carbonyl (C=O) groups is 1. The standard InChI is InChI=1S/C19H17BrN4O/c1-13-8-9-14(10-16(13)20)23-19(25)17-11-18(22-12-21-17)24(2)15-6-4-3-5-7-15/h3-12H,1-2H3,(H,23,25). The van der Waals surface area contributed by atoms with Crippen LogP contribution in [0.25, 0.3) is 0 Å². The molecule has 0 saturated heterocycles. The van der Waals surface area contributed by atoms with Crippen molar-refractivity contribution in [2.75, 3.05) is 17.3 Å². The molecule has 3 rings (SSSR count). The minimum atomic E-state index is -0.277. The summed E-state index contributed by atoms with van der Waals surface area (Å²) in [5, 5.41) is 2.85. The van der Waals surface area contributed by atoms with Gasteiger partial charge in [-0.1, -0.05) is 40.2 Å². The van der Waals surface area contributed by atoms with Gasteiger partial charge < -0.3 is 10.2 Å². The van der Waals surface area contributed by atoms with Crippen molar-refractivity contribution in [2.45, 2.75) is 6.92 Å². The molecule has 1 heterocycles. The molecule has 0 bridgehead atoms. The second kappa shape index (κ2) is 7.44. The number of para-hydroxylation sites is 1. The van der Waals surface area contributed by atoms with E-state index in [9.17, 15) is 4.79 Å². The number of amides is 1. The average molecular weight is 397 g/mol. The summed E-state index contributed by atoms with van der Waals surface area (Å²) in [4.78, 5) is 22.7. The quantitative estimate of drug-likeness (QED) is 0.701. The van der Waals surface area contributed by atoms with E-state index in [1.807, 2.05) is 67.4 Å². The van der Waals surface area contributed by atoms with Gasteiger partial charge in [0.15, 0.2) is 0 Å². The van der Waals surface area contributed by atoms with E-state index in [2.05, 4.69) is 31.2 Å². The SMILES string of the molecule is Cc1ccc(NC(=O)c2cc(N(C)c3ccccc3)ncn2)cc1Br. The van der Waals surface area contributed by atoms with Gasteiger partial charge in [-0.25, -0.2) is 9.97 Å². The maximum absolute atomic E-state index is 12.5. The Morgan fingerprint density at radius 3 is 2.56 bits per heavy atom. The highest BCUT2D eigenvalue weighted by molar-refractivity contribution is 9.10. The molecular weight excluding hydrogens is 380 g/mol. The van der Waals surface area contributed by atoms with Gasteiger partial charge in [-0.15, -0.1) is 0 Å². The van der Waals surface area contributed by atoms with Gasteiger partial charge in [0.25, 0.3) is 5.91 Å². The average Bonchev–Trinajstić information content (AvgIpc) is 2.65. The van der Waals surface area contributed by atoms with Crippen LogP contribution in [-0.2, 0) is 0 Å². The van der Waals surface area contributed by atoms with Crippen LogP contribution in [0, 0.1) is 6.92 Å². The Labute approximate surface area is 154 Å². The number of carbonyl (C=O) groups excluding carboxylic acids is 1. The van der Waals surface area contributed by atoms with Crippen LogP contribution in [0.3, 0.4) is 0 Å². The van der Waals surface area contributed by atoms with Gasteiger partial charge in [-0.3, -0.25) is 4.79 Å². The summed E-state index contributed by atoms with van der Waals surface area (Å²) in [5.74, 6) is 0.373. The molecule has 0 spiro atoms. The second-order valence-electron chi connectivity index (χ2n) is 5.57. The van der Waals surface area contributed by atoms with Crippen molar-refractivity contribution in [2.24, 2.45) is 0 Å². The molecule has 0 atom stereocenters. The summed E-state index contributed by atoms with van der Waals surface area (Å²) in [6.45, 7) is 1.99. The molecule has 0 radical (unpaired) electrons. The lowest BCUT2D eigenvalue weighted by Crippen LogP contribution is -2.17. The third kappa shape index (κ3) is 4.03. The van der Waals surface area contributed by atoms with Crippen molar-refractivity contribution in [3.05, 3.63) is 76.7 Å². The van der Waals surface area contributed by atoms with Gasteiger partial charge in [0.05, 0.1) is 0 Å². The maximum Gasteiger partial charge on any atom is 0.274 e. The summed E-state index contributed by atoms with van der Waals surface area (Å²) in [6.07, 6.45) is 1.40. The van der Waals surface area contributed by atoms with E-state index < -0.39 is 0 Å². The molecule has 25 heavy (non-hydrogen) atoms. The van der Waals surface area contributed by atoms with Crippen molar-refractivity contribution in [3.8, 4) is 0 Å². The van der Waals surface area contributed by atoms with Crippen LogP contribution in [0.4, 0.5) is 17.2 Å². The number of nitrogens with zero attached hydrogens (tertiary/aromatic N) is 3. The molecule has 0 fully saturated rings. The summed E-state index contributed by atoms with van der Waals surface area (Å²) >= 11 is 3.47. The van der Waals surface area contributed by atoms with Gasteiger partial charge in [-0.2, -0.15) is 0 Å². The second-order valence-corrected chi connectivity index (χ2v) is 6.43. The van der Waals surface area contributed by atoms with Crippen molar-refractivity contribution in [1.29, 1.82) is 0 Å². The molecule has 1 aromatic heterocycles. The molecule has 0 aliphatic heterocycles. The molecule has 5 nitrogen and oxygen atoms in total. The summed E-state index contributed by atoms with van der Waals surface area (Å²) < 4.78 is 0.942. The first-order valence-electron chi connectivity index (χ1n) is 7.73. The fourth-order valence-electron chi connectivity index (χ4n) is 2.30. The Morgan fingerprint density at radius 1 is 1.08 bits per heavy atom. The fraction of sp³-hybridized carbons (Fsp3) is 0.105. The number of rotatable bonds is 4. The number of aromatic nitrogens is 2. The summed E-state index contributed by atoms with van der Waals surface area (Å²) in [5.41, 5.74) is 3.10. The molecule has 2 aromatic carbocycles. The smallest absolute Gasteiger partial charge is 0.274 e. The van der Waals surface area contributed by atoms with E-state index in [1.54, 1.807) is 6.07 Å². The number of nitrogens with one attached hydrogen (secondary N) is 1. The Balaban J connectivity index is 1.81. The van der Waals surface area contributed by atoms with Crippen LogP contribution < -0.4 is 10.2 Å². The molecule has 1 amide bonds. The molecule has 0 aliphatic rings. The minimum absolute atomic E-state index is 0.277. The van der Waals surface area contributed by atoms with Crippen LogP contribution >= 0.6 is 15.9 Å².